The molecule has 3 fully saturated rings. The molecule has 1 aliphatic heterocycles. The highest BCUT2D eigenvalue weighted by Gasteiger charge is 2.54. The third-order valence-corrected chi connectivity index (χ3v) is 8.83. The maximum absolute atomic E-state index is 14.1. The quantitative estimate of drug-likeness (QED) is 0.432. The molecule has 5 unspecified atom stereocenters. The first-order valence-corrected chi connectivity index (χ1v) is 13.9. The number of nitrogens with zero attached hydrogens (tertiary/aromatic N) is 2. The van der Waals surface area contributed by atoms with E-state index in [0.717, 1.165) is 61.8 Å². The molecule has 0 radical (unpaired) electrons. The number of carboxylic acids is 1. The van der Waals surface area contributed by atoms with Gasteiger partial charge >= 0.3 is 5.97 Å². The van der Waals surface area contributed by atoms with E-state index in [0.29, 0.717) is 0 Å². The van der Waals surface area contributed by atoms with Crippen molar-refractivity contribution in [1.29, 1.82) is 0 Å². The number of hydrogen-bond donors (Lipinski definition) is 1. The Bertz CT molecular complexity index is 1130. The van der Waals surface area contributed by atoms with Crippen molar-refractivity contribution < 1.29 is 19.5 Å². The molecule has 1 aromatic rings. The molecule has 6 nitrogen and oxygen atoms in total. The number of benzene rings is 1. The summed E-state index contributed by atoms with van der Waals surface area (Å²) in [5.41, 5.74) is 3.13. The second-order valence-electron chi connectivity index (χ2n) is 11.0. The largest absolute Gasteiger partial charge is 0.481 e. The van der Waals surface area contributed by atoms with Gasteiger partial charge in [0.05, 0.1) is 12.5 Å². The lowest BCUT2D eigenvalue weighted by atomic mass is 9.78. The van der Waals surface area contributed by atoms with Gasteiger partial charge in [-0.05, 0) is 68.6 Å². The summed E-state index contributed by atoms with van der Waals surface area (Å²) in [5, 5.41) is 9.23. The van der Waals surface area contributed by atoms with Gasteiger partial charge in [-0.3, -0.25) is 14.4 Å². The fourth-order valence-electron chi connectivity index (χ4n) is 6.90. The van der Waals surface area contributed by atoms with Crippen LogP contribution in [0.4, 0.5) is 5.69 Å². The van der Waals surface area contributed by atoms with Crippen molar-refractivity contribution in [3.05, 3.63) is 66.3 Å². The van der Waals surface area contributed by atoms with Crippen molar-refractivity contribution >= 4 is 23.5 Å². The van der Waals surface area contributed by atoms with Gasteiger partial charge in [0.15, 0.2) is 0 Å². The number of hydrogen-bond acceptors (Lipinski definition) is 3. The molecule has 1 aromatic carbocycles. The average Bonchev–Trinajstić information content (AvgIpc) is 3.51. The van der Waals surface area contributed by atoms with E-state index in [1.54, 1.807) is 6.08 Å². The van der Waals surface area contributed by atoms with Crippen LogP contribution in [0, 0.1) is 17.8 Å². The molecule has 1 heterocycles. The van der Waals surface area contributed by atoms with Crippen LogP contribution in [0.1, 0.15) is 76.3 Å². The van der Waals surface area contributed by atoms with E-state index in [1.165, 1.54) is 0 Å². The minimum atomic E-state index is -0.941. The summed E-state index contributed by atoms with van der Waals surface area (Å²) >= 11 is 0. The summed E-state index contributed by atoms with van der Waals surface area (Å²) < 4.78 is 0. The van der Waals surface area contributed by atoms with E-state index in [-0.39, 0.29) is 60.5 Å². The van der Waals surface area contributed by atoms with Gasteiger partial charge in [0.2, 0.25) is 11.8 Å². The Hall–Kier alpha value is -3.15. The number of carbonyl (C=O) groups excluding carboxylic acids is 2. The lowest BCUT2D eigenvalue weighted by Gasteiger charge is -2.51. The third-order valence-electron chi connectivity index (χ3n) is 8.83. The molecular formula is C31H38N2O4. The Labute approximate surface area is 219 Å². The fourth-order valence-corrected chi connectivity index (χ4v) is 6.90. The highest BCUT2D eigenvalue weighted by molar-refractivity contribution is 5.99. The van der Waals surface area contributed by atoms with Crippen LogP contribution in [-0.4, -0.2) is 39.9 Å². The second-order valence-corrected chi connectivity index (χ2v) is 11.0. The molecule has 3 saturated carbocycles. The number of para-hydroxylation sites is 1. The van der Waals surface area contributed by atoms with Gasteiger partial charge in [-0.2, -0.15) is 0 Å². The van der Waals surface area contributed by atoms with Gasteiger partial charge in [-0.25, -0.2) is 0 Å². The minimum absolute atomic E-state index is 0.0254. The van der Waals surface area contributed by atoms with Crippen LogP contribution >= 0.6 is 0 Å². The number of anilines is 1. The van der Waals surface area contributed by atoms with Gasteiger partial charge in [0.25, 0.3) is 0 Å². The zero-order valence-electron chi connectivity index (χ0n) is 21.7. The number of carboxylic acid groups (broad SMARTS) is 1. The van der Waals surface area contributed by atoms with E-state index in [2.05, 4.69) is 23.6 Å². The molecule has 37 heavy (non-hydrogen) atoms. The Morgan fingerprint density at radius 1 is 1.08 bits per heavy atom. The molecular weight excluding hydrogens is 464 g/mol. The van der Waals surface area contributed by atoms with Gasteiger partial charge < -0.3 is 14.9 Å². The number of rotatable bonds is 9. The number of fused-ring (bicyclic) bond motifs is 2. The number of amides is 2. The van der Waals surface area contributed by atoms with Gasteiger partial charge in [0.1, 0.15) is 0 Å². The molecule has 5 rings (SSSR count). The summed E-state index contributed by atoms with van der Waals surface area (Å²) in [6.45, 7) is 5.84. The third kappa shape index (κ3) is 4.78. The van der Waals surface area contributed by atoms with E-state index < -0.39 is 5.97 Å². The number of aliphatic carboxylic acids is 1. The van der Waals surface area contributed by atoms with Gasteiger partial charge in [0, 0.05) is 36.0 Å². The lowest BCUT2D eigenvalue weighted by Crippen LogP contribution is -2.56. The highest BCUT2D eigenvalue weighted by atomic mass is 16.4. The number of allylic oxidation sites excluding steroid dienone is 5. The highest BCUT2D eigenvalue weighted by Crippen LogP contribution is 2.54. The van der Waals surface area contributed by atoms with E-state index in [9.17, 15) is 19.5 Å². The van der Waals surface area contributed by atoms with E-state index in [4.69, 9.17) is 0 Å². The summed E-state index contributed by atoms with van der Waals surface area (Å²) in [4.78, 5) is 43.0. The Morgan fingerprint density at radius 2 is 1.84 bits per heavy atom. The maximum Gasteiger partial charge on any atom is 0.303 e. The van der Waals surface area contributed by atoms with Crippen LogP contribution < -0.4 is 4.90 Å². The molecule has 4 aliphatic rings. The van der Waals surface area contributed by atoms with Crippen molar-refractivity contribution in [2.45, 2.75) is 82.8 Å². The van der Waals surface area contributed by atoms with Crippen molar-refractivity contribution in [3.8, 4) is 0 Å². The number of carbonyl (C=O) groups is 3. The SMILES string of the molecule is C=CC=C(C=CC)C1CC1C(=O)N1c2ccccc2C(N(C(=O)CCC(=O)O)C2CCC2)C2CCCC21. The van der Waals surface area contributed by atoms with E-state index in [1.807, 2.05) is 42.2 Å². The standard InChI is InChI=1S/C31H38N2O4/c1-3-9-20(10-4-2)24-19-25(24)31(37)33-26-15-6-5-13-22(26)30(23-14-8-16-27(23)33)32(21-11-7-12-21)28(34)17-18-29(35)36/h3-6,9-10,13,15,21,23-25,27,30H,1,7-8,11-12,14,16-19H2,2H3,(H,35,36). The average molecular weight is 503 g/mol. The zero-order valence-corrected chi connectivity index (χ0v) is 21.7. The first-order valence-electron chi connectivity index (χ1n) is 13.9. The molecule has 0 spiro atoms. The fraction of sp³-hybridized carbons (Fsp3) is 0.516. The maximum atomic E-state index is 14.1. The molecule has 0 aromatic heterocycles. The predicted molar refractivity (Wildman–Crippen MR) is 144 cm³/mol. The molecule has 2 amide bonds. The molecule has 0 bridgehead atoms. The van der Waals surface area contributed by atoms with Crippen molar-refractivity contribution in [3.63, 3.8) is 0 Å². The first-order chi connectivity index (χ1) is 18.0. The smallest absolute Gasteiger partial charge is 0.303 e. The van der Waals surface area contributed by atoms with Crippen LogP contribution in [0.2, 0.25) is 0 Å². The molecule has 3 aliphatic carbocycles. The van der Waals surface area contributed by atoms with Crippen LogP contribution in [-0.2, 0) is 14.4 Å². The first kappa shape index (κ1) is 25.5. The Kier molecular flexibility index (Phi) is 7.36. The van der Waals surface area contributed by atoms with Crippen LogP contribution in [0.15, 0.2) is 60.7 Å². The molecule has 0 saturated heterocycles. The topological polar surface area (TPSA) is 77.9 Å². The van der Waals surface area contributed by atoms with Gasteiger partial charge in [-0.1, -0.05) is 55.5 Å². The monoisotopic (exact) mass is 502 g/mol. The van der Waals surface area contributed by atoms with Crippen molar-refractivity contribution in [1.82, 2.24) is 4.90 Å². The van der Waals surface area contributed by atoms with Gasteiger partial charge in [-0.15, -0.1) is 0 Å². The molecule has 5 atom stereocenters. The molecule has 196 valence electrons. The minimum Gasteiger partial charge on any atom is -0.481 e. The Balaban J connectivity index is 1.49. The molecule has 1 N–H and O–H groups in total. The summed E-state index contributed by atoms with van der Waals surface area (Å²) in [6.07, 6.45) is 14.6. The van der Waals surface area contributed by atoms with Crippen LogP contribution in [0.25, 0.3) is 0 Å². The zero-order chi connectivity index (χ0) is 26.1. The predicted octanol–water partition coefficient (Wildman–Crippen LogP) is 5.81. The lowest BCUT2D eigenvalue weighted by molar-refractivity contribution is -0.145. The summed E-state index contributed by atoms with van der Waals surface area (Å²) in [7, 11) is 0. The normalized spacial score (nSPS) is 28.8. The summed E-state index contributed by atoms with van der Waals surface area (Å²) in [6, 6.07) is 8.23. The van der Waals surface area contributed by atoms with Crippen LogP contribution in [0.3, 0.4) is 0 Å². The van der Waals surface area contributed by atoms with Crippen molar-refractivity contribution in [2.24, 2.45) is 17.8 Å². The van der Waals surface area contributed by atoms with Crippen molar-refractivity contribution in [2.75, 3.05) is 4.90 Å². The van der Waals surface area contributed by atoms with Crippen LogP contribution in [0.5, 0.6) is 0 Å². The molecule has 6 heteroatoms. The Morgan fingerprint density at radius 3 is 2.51 bits per heavy atom. The second kappa shape index (κ2) is 10.7. The van der Waals surface area contributed by atoms with E-state index >= 15 is 0 Å². The summed E-state index contributed by atoms with van der Waals surface area (Å²) in [5.74, 6) is -0.457.